The molecule has 2 fully saturated rings. The lowest BCUT2D eigenvalue weighted by atomic mass is 9.97. The van der Waals surface area contributed by atoms with Crippen LogP contribution in [0, 0.1) is 0 Å². The summed E-state index contributed by atoms with van der Waals surface area (Å²) in [5, 5.41) is 0. The lowest BCUT2D eigenvalue weighted by Crippen LogP contribution is -2.44. The van der Waals surface area contributed by atoms with E-state index in [9.17, 15) is 0 Å². The second-order valence-corrected chi connectivity index (χ2v) is 6.32. The molecule has 2 saturated carbocycles. The zero-order valence-electron chi connectivity index (χ0n) is 13.5. The molecule has 0 N–H and O–H groups in total. The molecule has 0 atom stereocenters. The first-order valence-electron chi connectivity index (χ1n) is 8.88. The Hall–Kier alpha value is -0.120. The molecule has 2 aliphatic carbocycles. The third-order valence-electron chi connectivity index (χ3n) is 4.83. The van der Waals surface area contributed by atoms with Gasteiger partial charge in [-0.1, -0.05) is 52.4 Å². The molecule has 0 amide bonds. The first-order chi connectivity index (χ1) is 9.83. The van der Waals surface area contributed by atoms with Crippen molar-refractivity contribution in [3.8, 4) is 0 Å². The van der Waals surface area contributed by atoms with Crippen molar-refractivity contribution in [1.82, 2.24) is 4.90 Å². The van der Waals surface area contributed by atoms with Crippen LogP contribution in [0.5, 0.6) is 0 Å². The molecule has 118 valence electrons. The normalized spacial score (nSPS) is 22.8. The topological polar surface area (TPSA) is 21.7 Å². The molecule has 2 rings (SSSR count). The average molecular weight is 283 g/mol. The largest absolute Gasteiger partial charge is 0.336 e. The van der Waals surface area contributed by atoms with Gasteiger partial charge >= 0.3 is 0 Å². The van der Waals surface area contributed by atoms with Gasteiger partial charge in [0.25, 0.3) is 0 Å². The average Bonchev–Trinajstić information content (AvgIpc) is 2.50. The zero-order chi connectivity index (χ0) is 14.2. The van der Waals surface area contributed by atoms with Gasteiger partial charge in [-0.25, -0.2) is 0 Å². The molecule has 0 aliphatic heterocycles. The van der Waals surface area contributed by atoms with Gasteiger partial charge in [0.1, 0.15) is 0 Å². The van der Waals surface area contributed by atoms with E-state index in [2.05, 4.69) is 18.7 Å². The fraction of sp³-hybridized carbons (Fsp3) is 1.00. The monoisotopic (exact) mass is 283 g/mol. The third kappa shape index (κ3) is 5.01. The van der Waals surface area contributed by atoms with E-state index < -0.39 is 0 Å². The Bertz CT molecular complexity index is 223. The van der Waals surface area contributed by atoms with E-state index in [1.165, 1.54) is 64.2 Å². The standard InChI is InChI=1S/C17H33NO2/c1-3-18(4-2)17(19-15-11-7-5-8-12-15)20-16-13-9-6-10-14-16/h15-17H,3-14H2,1-2H3. The molecule has 3 heteroatoms. The van der Waals surface area contributed by atoms with Crippen molar-refractivity contribution in [1.29, 1.82) is 0 Å². The minimum absolute atomic E-state index is 0.115. The molecule has 0 aromatic heterocycles. The Morgan fingerprint density at radius 1 is 0.750 bits per heavy atom. The maximum Gasteiger partial charge on any atom is 0.219 e. The molecule has 0 saturated heterocycles. The Kier molecular flexibility index (Phi) is 7.32. The van der Waals surface area contributed by atoms with Crippen molar-refractivity contribution in [3.05, 3.63) is 0 Å². The fourth-order valence-corrected chi connectivity index (χ4v) is 3.46. The second-order valence-electron chi connectivity index (χ2n) is 6.32. The van der Waals surface area contributed by atoms with Crippen LogP contribution in [-0.2, 0) is 9.47 Å². The molecule has 0 aromatic carbocycles. The van der Waals surface area contributed by atoms with E-state index in [1.54, 1.807) is 0 Å². The maximum absolute atomic E-state index is 6.34. The number of hydrogen-bond donors (Lipinski definition) is 0. The Morgan fingerprint density at radius 2 is 1.15 bits per heavy atom. The molecule has 3 nitrogen and oxygen atoms in total. The molecule has 0 unspecified atom stereocenters. The van der Waals surface area contributed by atoms with E-state index >= 15 is 0 Å². The van der Waals surface area contributed by atoms with Crippen molar-refractivity contribution in [3.63, 3.8) is 0 Å². The van der Waals surface area contributed by atoms with E-state index in [1.807, 2.05) is 0 Å². The van der Waals surface area contributed by atoms with E-state index in [0.29, 0.717) is 12.2 Å². The summed E-state index contributed by atoms with van der Waals surface area (Å²) in [5.41, 5.74) is 0. The summed E-state index contributed by atoms with van der Waals surface area (Å²) in [6.07, 6.45) is 13.6. The van der Waals surface area contributed by atoms with Gasteiger partial charge in [-0.05, 0) is 38.8 Å². The van der Waals surface area contributed by atoms with Crippen LogP contribution in [0.15, 0.2) is 0 Å². The first kappa shape index (κ1) is 16.3. The molecule has 0 bridgehead atoms. The van der Waals surface area contributed by atoms with Crippen molar-refractivity contribution >= 4 is 0 Å². The Balaban J connectivity index is 1.88. The number of rotatable bonds is 7. The van der Waals surface area contributed by atoms with Crippen molar-refractivity contribution in [2.75, 3.05) is 13.1 Å². The van der Waals surface area contributed by atoms with Gasteiger partial charge in [-0.3, -0.25) is 4.90 Å². The SMILES string of the molecule is CCN(CC)C(OC1CCCCC1)OC1CCCCC1. The van der Waals surface area contributed by atoms with Crippen molar-refractivity contribution < 1.29 is 9.47 Å². The second kappa shape index (κ2) is 9.01. The van der Waals surface area contributed by atoms with Crippen LogP contribution in [0.4, 0.5) is 0 Å². The summed E-state index contributed by atoms with van der Waals surface area (Å²) in [7, 11) is 0. The minimum Gasteiger partial charge on any atom is -0.336 e. The highest BCUT2D eigenvalue weighted by Gasteiger charge is 2.27. The maximum atomic E-state index is 6.34. The molecule has 0 radical (unpaired) electrons. The highest BCUT2D eigenvalue weighted by Crippen LogP contribution is 2.26. The molecule has 0 heterocycles. The van der Waals surface area contributed by atoms with E-state index in [0.717, 1.165) is 13.1 Å². The Morgan fingerprint density at radius 3 is 1.50 bits per heavy atom. The van der Waals surface area contributed by atoms with Gasteiger partial charge in [0.2, 0.25) is 6.41 Å². The third-order valence-corrected chi connectivity index (χ3v) is 4.83. The van der Waals surface area contributed by atoms with Crippen LogP contribution in [0.1, 0.15) is 78.1 Å². The summed E-state index contributed by atoms with van der Waals surface area (Å²) >= 11 is 0. The van der Waals surface area contributed by atoms with Crippen LogP contribution in [0.2, 0.25) is 0 Å². The molecule has 0 spiro atoms. The molecule has 0 aromatic rings. The lowest BCUT2D eigenvalue weighted by Gasteiger charge is -2.36. The summed E-state index contributed by atoms with van der Waals surface area (Å²) in [4.78, 5) is 2.32. The summed E-state index contributed by atoms with van der Waals surface area (Å²) in [5.74, 6) is 0. The first-order valence-corrected chi connectivity index (χ1v) is 8.88. The van der Waals surface area contributed by atoms with Crippen molar-refractivity contribution in [2.24, 2.45) is 0 Å². The zero-order valence-corrected chi connectivity index (χ0v) is 13.5. The van der Waals surface area contributed by atoms with Crippen LogP contribution in [-0.4, -0.2) is 36.6 Å². The van der Waals surface area contributed by atoms with Gasteiger partial charge in [0.15, 0.2) is 0 Å². The highest BCUT2D eigenvalue weighted by molar-refractivity contribution is 4.69. The molecule has 20 heavy (non-hydrogen) atoms. The van der Waals surface area contributed by atoms with Gasteiger partial charge in [0.05, 0.1) is 12.2 Å². The Labute approximate surface area is 125 Å². The number of nitrogens with zero attached hydrogens (tertiary/aromatic N) is 1. The minimum atomic E-state index is -0.115. The summed E-state index contributed by atoms with van der Waals surface area (Å²) < 4.78 is 12.7. The van der Waals surface area contributed by atoms with Crippen molar-refractivity contribution in [2.45, 2.75) is 96.7 Å². The van der Waals surface area contributed by atoms with Crippen LogP contribution < -0.4 is 0 Å². The highest BCUT2D eigenvalue weighted by atomic mass is 16.7. The van der Waals surface area contributed by atoms with Gasteiger partial charge < -0.3 is 9.47 Å². The van der Waals surface area contributed by atoms with Crippen LogP contribution >= 0.6 is 0 Å². The molecule has 2 aliphatic rings. The van der Waals surface area contributed by atoms with Crippen LogP contribution in [0.25, 0.3) is 0 Å². The number of hydrogen-bond acceptors (Lipinski definition) is 3. The lowest BCUT2D eigenvalue weighted by molar-refractivity contribution is -0.268. The van der Waals surface area contributed by atoms with E-state index in [-0.39, 0.29) is 6.41 Å². The van der Waals surface area contributed by atoms with E-state index in [4.69, 9.17) is 9.47 Å². The fourth-order valence-electron chi connectivity index (χ4n) is 3.46. The van der Waals surface area contributed by atoms with Gasteiger partial charge in [-0.2, -0.15) is 0 Å². The predicted octanol–water partition coefficient (Wildman–Crippen LogP) is 4.31. The smallest absolute Gasteiger partial charge is 0.219 e. The predicted molar refractivity (Wildman–Crippen MR) is 82.6 cm³/mol. The van der Waals surface area contributed by atoms with Gasteiger partial charge in [0, 0.05) is 0 Å². The summed E-state index contributed by atoms with van der Waals surface area (Å²) in [6.45, 7) is 6.40. The number of ether oxygens (including phenoxy) is 2. The molecular formula is C17H33NO2. The summed E-state index contributed by atoms with van der Waals surface area (Å²) in [6, 6.07) is 0. The van der Waals surface area contributed by atoms with Crippen LogP contribution in [0.3, 0.4) is 0 Å². The molecular weight excluding hydrogens is 250 g/mol. The quantitative estimate of drug-likeness (QED) is 0.650. The van der Waals surface area contributed by atoms with Gasteiger partial charge in [-0.15, -0.1) is 0 Å².